The molecule has 1 N–H and O–H groups in total. The Balaban J connectivity index is 2.15. The standard InChI is InChI=1S/C20H24N2O4S/c1-21-19(23)18(25-3)17-8-6-5-7-15(17)13-26-22-20(27-4)14-9-11-16(24-2)12-10-14/h5-12,18H,13H2,1-4H3,(H,21,23)/b22-20+. The molecule has 6 nitrogen and oxygen atoms in total. The van der Waals surface area contributed by atoms with Crippen molar-refractivity contribution in [1.29, 1.82) is 0 Å². The van der Waals surface area contributed by atoms with Crippen molar-refractivity contribution in [1.82, 2.24) is 5.32 Å². The average molecular weight is 388 g/mol. The molecule has 0 saturated carbocycles. The highest BCUT2D eigenvalue weighted by Gasteiger charge is 2.21. The molecule has 0 bridgehead atoms. The van der Waals surface area contributed by atoms with Gasteiger partial charge < -0.3 is 19.6 Å². The van der Waals surface area contributed by atoms with Crippen molar-refractivity contribution in [2.45, 2.75) is 12.7 Å². The van der Waals surface area contributed by atoms with Gasteiger partial charge in [0.25, 0.3) is 5.91 Å². The van der Waals surface area contributed by atoms with Gasteiger partial charge >= 0.3 is 0 Å². The Hall–Kier alpha value is -2.51. The number of nitrogens with zero attached hydrogens (tertiary/aromatic N) is 1. The van der Waals surface area contributed by atoms with Crippen LogP contribution < -0.4 is 10.1 Å². The van der Waals surface area contributed by atoms with E-state index in [0.717, 1.165) is 27.5 Å². The van der Waals surface area contributed by atoms with Crippen LogP contribution in [0, 0.1) is 0 Å². The fourth-order valence-corrected chi connectivity index (χ4v) is 3.03. The zero-order valence-corrected chi connectivity index (χ0v) is 16.7. The molecule has 2 aromatic carbocycles. The Bertz CT molecular complexity index is 778. The minimum absolute atomic E-state index is 0.212. The summed E-state index contributed by atoms with van der Waals surface area (Å²) < 4.78 is 10.5. The maximum atomic E-state index is 12.0. The van der Waals surface area contributed by atoms with Gasteiger partial charge in [0.1, 0.15) is 17.4 Å². The first-order valence-electron chi connectivity index (χ1n) is 8.35. The molecule has 1 amide bonds. The van der Waals surface area contributed by atoms with E-state index in [2.05, 4.69) is 10.5 Å². The first kappa shape index (κ1) is 20.8. The third kappa shape index (κ3) is 5.48. The number of hydrogen-bond donors (Lipinski definition) is 1. The quantitative estimate of drug-likeness (QED) is 0.427. The number of nitrogens with one attached hydrogen (secondary N) is 1. The summed E-state index contributed by atoms with van der Waals surface area (Å²) in [5.41, 5.74) is 2.54. The van der Waals surface area contributed by atoms with Gasteiger partial charge in [0.05, 0.1) is 7.11 Å². The highest BCUT2D eigenvalue weighted by Crippen LogP contribution is 2.23. The van der Waals surface area contributed by atoms with E-state index in [9.17, 15) is 4.79 Å². The van der Waals surface area contributed by atoms with Crippen LogP contribution in [0.1, 0.15) is 22.8 Å². The highest BCUT2D eigenvalue weighted by atomic mass is 32.2. The number of carbonyl (C=O) groups excluding carboxylic acids is 1. The molecule has 0 radical (unpaired) electrons. The predicted molar refractivity (Wildman–Crippen MR) is 108 cm³/mol. The van der Waals surface area contributed by atoms with Gasteiger partial charge in [-0.15, -0.1) is 11.8 Å². The van der Waals surface area contributed by atoms with Gasteiger partial charge in [-0.3, -0.25) is 4.79 Å². The van der Waals surface area contributed by atoms with E-state index in [1.807, 2.05) is 54.8 Å². The van der Waals surface area contributed by atoms with E-state index < -0.39 is 6.10 Å². The van der Waals surface area contributed by atoms with E-state index >= 15 is 0 Å². The molecular formula is C20H24N2O4S. The van der Waals surface area contributed by atoms with Crippen LogP contribution in [0.15, 0.2) is 53.7 Å². The second kappa shape index (κ2) is 10.6. The zero-order valence-electron chi connectivity index (χ0n) is 15.9. The Morgan fingerprint density at radius 1 is 1.15 bits per heavy atom. The molecule has 0 fully saturated rings. The molecule has 7 heteroatoms. The second-order valence-corrected chi connectivity index (χ2v) is 6.33. The molecule has 2 aromatic rings. The lowest BCUT2D eigenvalue weighted by Crippen LogP contribution is -2.27. The van der Waals surface area contributed by atoms with Crippen LogP contribution in [-0.4, -0.2) is 38.5 Å². The van der Waals surface area contributed by atoms with Crippen LogP contribution in [0.4, 0.5) is 0 Å². The van der Waals surface area contributed by atoms with E-state index in [4.69, 9.17) is 14.3 Å². The van der Waals surface area contributed by atoms with Crippen molar-refractivity contribution >= 4 is 22.7 Å². The van der Waals surface area contributed by atoms with E-state index in [1.54, 1.807) is 14.2 Å². The summed E-state index contributed by atoms with van der Waals surface area (Å²) in [5.74, 6) is 0.574. The summed E-state index contributed by atoms with van der Waals surface area (Å²) in [7, 11) is 4.72. The molecular weight excluding hydrogens is 364 g/mol. The van der Waals surface area contributed by atoms with Crippen LogP contribution in [0.5, 0.6) is 5.75 Å². The van der Waals surface area contributed by atoms with E-state index in [1.165, 1.54) is 18.9 Å². The highest BCUT2D eigenvalue weighted by molar-refractivity contribution is 8.13. The summed E-state index contributed by atoms with van der Waals surface area (Å²) in [4.78, 5) is 17.6. The number of amides is 1. The third-order valence-electron chi connectivity index (χ3n) is 3.96. The third-order valence-corrected chi connectivity index (χ3v) is 4.65. The van der Waals surface area contributed by atoms with Gasteiger partial charge in [-0.05, 0) is 41.6 Å². The number of benzene rings is 2. The molecule has 0 aliphatic heterocycles. The van der Waals surface area contributed by atoms with Gasteiger partial charge in [0, 0.05) is 19.7 Å². The van der Waals surface area contributed by atoms with Crippen molar-refractivity contribution in [2.75, 3.05) is 27.5 Å². The number of oxime groups is 1. The predicted octanol–water partition coefficient (Wildman–Crippen LogP) is 3.37. The topological polar surface area (TPSA) is 69.2 Å². The lowest BCUT2D eigenvalue weighted by atomic mass is 10.0. The largest absolute Gasteiger partial charge is 0.497 e. The number of hydrogen-bond acceptors (Lipinski definition) is 6. The number of likely N-dealkylation sites (N-methyl/N-ethyl adjacent to an activating group) is 1. The average Bonchev–Trinajstić information content (AvgIpc) is 2.72. The minimum Gasteiger partial charge on any atom is -0.497 e. The van der Waals surface area contributed by atoms with Gasteiger partial charge in [0.15, 0.2) is 6.10 Å². The molecule has 1 atom stereocenters. The van der Waals surface area contributed by atoms with Crippen LogP contribution in [0.25, 0.3) is 0 Å². The summed E-state index contributed by atoms with van der Waals surface area (Å²) in [6, 6.07) is 15.1. The fraction of sp³-hybridized carbons (Fsp3) is 0.300. The summed E-state index contributed by atoms with van der Waals surface area (Å²) in [5, 5.41) is 7.62. The Kier molecular flexibility index (Phi) is 8.16. The molecule has 144 valence electrons. The van der Waals surface area contributed by atoms with Crippen molar-refractivity contribution in [3.63, 3.8) is 0 Å². The Morgan fingerprint density at radius 2 is 1.85 bits per heavy atom. The zero-order chi connectivity index (χ0) is 19.6. The first-order chi connectivity index (χ1) is 13.1. The van der Waals surface area contributed by atoms with Crippen molar-refractivity contribution in [3.8, 4) is 5.75 Å². The Labute approximate surface area is 163 Å². The molecule has 1 unspecified atom stereocenters. The van der Waals surface area contributed by atoms with Crippen LogP contribution in [-0.2, 0) is 21.0 Å². The molecule has 2 rings (SSSR count). The smallest absolute Gasteiger partial charge is 0.253 e. The second-order valence-electron chi connectivity index (χ2n) is 5.53. The maximum Gasteiger partial charge on any atom is 0.253 e. The summed E-state index contributed by atoms with van der Waals surface area (Å²) in [6.07, 6.45) is 1.24. The van der Waals surface area contributed by atoms with E-state index in [0.29, 0.717) is 0 Å². The monoisotopic (exact) mass is 388 g/mol. The van der Waals surface area contributed by atoms with Gasteiger partial charge in [0.2, 0.25) is 0 Å². The first-order valence-corrected chi connectivity index (χ1v) is 9.57. The van der Waals surface area contributed by atoms with Crippen molar-refractivity contribution in [2.24, 2.45) is 5.16 Å². The van der Waals surface area contributed by atoms with Gasteiger partial charge in [-0.25, -0.2) is 0 Å². The molecule has 0 aliphatic rings. The number of ether oxygens (including phenoxy) is 2. The van der Waals surface area contributed by atoms with Crippen molar-refractivity contribution in [3.05, 3.63) is 65.2 Å². The molecule has 0 aliphatic carbocycles. The molecule has 0 aromatic heterocycles. The van der Waals surface area contributed by atoms with Crippen molar-refractivity contribution < 1.29 is 19.1 Å². The SMILES string of the molecule is CNC(=O)C(OC)c1ccccc1CO/N=C(/SC)c1ccc(OC)cc1. The maximum absolute atomic E-state index is 12.0. The van der Waals surface area contributed by atoms with E-state index in [-0.39, 0.29) is 12.5 Å². The number of methoxy groups -OCH3 is 2. The fourth-order valence-electron chi connectivity index (χ4n) is 2.53. The molecule has 0 spiro atoms. The number of thioether (sulfide) groups is 1. The lowest BCUT2D eigenvalue weighted by molar-refractivity contribution is -0.130. The molecule has 0 saturated heterocycles. The summed E-state index contributed by atoms with van der Waals surface area (Å²) >= 11 is 1.49. The van der Waals surface area contributed by atoms with Gasteiger partial charge in [-0.2, -0.15) is 0 Å². The Morgan fingerprint density at radius 3 is 2.44 bits per heavy atom. The number of rotatable bonds is 8. The molecule has 27 heavy (non-hydrogen) atoms. The summed E-state index contributed by atoms with van der Waals surface area (Å²) in [6.45, 7) is 0.229. The van der Waals surface area contributed by atoms with Crippen LogP contribution in [0.2, 0.25) is 0 Å². The van der Waals surface area contributed by atoms with Crippen LogP contribution in [0.3, 0.4) is 0 Å². The normalized spacial score (nSPS) is 12.4. The molecule has 0 heterocycles. The van der Waals surface area contributed by atoms with Gasteiger partial charge in [-0.1, -0.05) is 29.4 Å². The number of carbonyl (C=O) groups is 1. The minimum atomic E-state index is -0.694. The lowest BCUT2D eigenvalue weighted by Gasteiger charge is -2.17. The van der Waals surface area contributed by atoms with Crippen LogP contribution >= 0.6 is 11.8 Å².